The highest BCUT2D eigenvalue weighted by molar-refractivity contribution is 6.08. The summed E-state index contributed by atoms with van der Waals surface area (Å²) < 4.78 is 10.5. The summed E-state index contributed by atoms with van der Waals surface area (Å²) in [5.41, 5.74) is 1.67. The maximum absolute atomic E-state index is 13.4. The summed E-state index contributed by atoms with van der Waals surface area (Å²) in [4.78, 5) is 27.9. The Balaban J connectivity index is 1.88. The molecule has 0 aliphatic carbocycles. The molecule has 2 aromatic carbocycles. The first-order valence-electron chi connectivity index (χ1n) is 9.32. The van der Waals surface area contributed by atoms with Gasteiger partial charge in [0, 0.05) is 30.3 Å². The lowest BCUT2D eigenvalue weighted by atomic mass is 9.76. The fourth-order valence-electron chi connectivity index (χ4n) is 4.79. The lowest BCUT2D eigenvalue weighted by Crippen LogP contribution is -2.50. The van der Waals surface area contributed by atoms with Crippen LogP contribution in [0.5, 0.6) is 5.75 Å². The number of carbonyl (C=O) groups is 2. The topological polar surface area (TPSA) is 67.9 Å². The molecule has 1 fully saturated rings. The molecule has 1 amide bonds. The molecule has 2 aliphatic heterocycles. The van der Waals surface area contributed by atoms with Gasteiger partial charge in [0.2, 0.25) is 0 Å². The number of amides is 1. The molecule has 28 heavy (non-hydrogen) atoms. The van der Waals surface area contributed by atoms with E-state index in [9.17, 15) is 9.59 Å². The van der Waals surface area contributed by atoms with Crippen LogP contribution in [0.3, 0.4) is 0 Å². The smallest absolute Gasteiger partial charge is 0.310 e. The number of rotatable bonds is 3. The van der Waals surface area contributed by atoms with Gasteiger partial charge in [0.05, 0.1) is 20.1 Å². The molecule has 0 aromatic heterocycles. The van der Waals surface area contributed by atoms with Crippen molar-refractivity contribution in [2.45, 2.75) is 18.5 Å². The molecule has 0 unspecified atom stereocenters. The summed E-state index contributed by atoms with van der Waals surface area (Å²) >= 11 is 0. The van der Waals surface area contributed by atoms with Crippen LogP contribution < -0.4 is 15.0 Å². The van der Waals surface area contributed by atoms with Gasteiger partial charge in [-0.2, -0.15) is 0 Å². The standard InChI is InChI=1S/C22H24N2O4/c1-13-18(20(25)28-4)19(14-8-7-9-15(12-14)27-3)23-22(13)16-10-5-6-11-17(16)24(2)21(22)26/h5-13,18-19,23H,1-4H3/t13-,18-,19-,22-/m0/s1. The van der Waals surface area contributed by atoms with Crippen molar-refractivity contribution in [2.24, 2.45) is 11.8 Å². The van der Waals surface area contributed by atoms with Gasteiger partial charge in [0.25, 0.3) is 5.91 Å². The first-order valence-corrected chi connectivity index (χ1v) is 9.32. The number of nitrogens with zero attached hydrogens (tertiary/aromatic N) is 1. The van der Waals surface area contributed by atoms with Gasteiger partial charge in [-0.15, -0.1) is 0 Å². The van der Waals surface area contributed by atoms with Crippen LogP contribution in [0.1, 0.15) is 24.1 Å². The molecule has 146 valence electrons. The first-order chi connectivity index (χ1) is 13.5. The van der Waals surface area contributed by atoms with E-state index in [0.717, 1.165) is 16.8 Å². The van der Waals surface area contributed by atoms with Gasteiger partial charge in [0.1, 0.15) is 11.3 Å². The number of hydrogen-bond acceptors (Lipinski definition) is 5. The zero-order valence-corrected chi connectivity index (χ0v) is 16.4. The highest BCUT2D eigenvalue weighted by Crippen LogP contribution is 2.54. The number of esters is 1. The number of anilines is 1. The molecule has 1 saturated heterocycles. The van der Waals surface area contributed by atoms with Crippen LogP contribution in [0.4, 0.5) is 5.69 Å². The molecule has 1 N–H and O–H groups in total. The van der Waals surface area contributed by atoms with Crippen molar-refractivity contribution in [1.82, 2.24) is 5.32 Å². The normalized spacial score (nSPS) is 28.5. The molecule has 4 rings (SSSR count). The molecule has 0 saturated carbocycles. The minimum Gasteiger partial charge on any atom is -0.497 e. The average molecular weight is 380 g/mol. The largest absolute Gasteiger partial charge is 0.497 e. The second-order valence-electron chi connectivity index (χ2n) is 7.43. The highest BCUT2D eigenvalue weighted by Gasteiger charge is 2.63. The van der Waals surface area contributed by atoms with Gasteiger partial charge < -0.3 is 14.4 Å². The number of methoxy groups -OCH3 is 2. The number of carbonyl (C=O) groups excluding carboxylic acids is 2. The van der Waals surface area contributed by atoms with Crippen molar-refractivity contribution in [1.29, 1.82) is 0 Å². The van der Waals surface area contributed by atoms with Crippen molar-refractivity contribution >= 4 is 17.6 Å². The Bertz CT molecular complexity index is 944. The third kappa shape index (κ3) is 2.37. The van der Waals surface area contributed by atoms with E-state index in [4.69, 9.17) is 9.47 Å². The Morgan fingerprint density at radius 3 is 2.61 bits per heavy atom. The van der Waals surface area contributed by atoms with E-state index >= 15 is 0 Å². The van der Waals surface area contributed by atoms with E-state index in [-0.39, 0.29) is 23.8 Å². The summed E-state index contributed by atoms with van der Waals surface area (Å²) in [6.45, 7) is 1.95. The highest BCUT2D eigenvalue weighted by atomic mass is 16.5. The summed E-state index contributed by atoms with van der Waals surface area (Å²) in [5.74, 6) is -0.493. The van der Waals surface area contributed by atoms with Crippen LogP contribution in [0.25, 0.3) is 0 Å². The number of hydrogen-bond donors (Lipinski definition) is 1. The predicted octanol–water partition coefficient (Wildman–Crippen LogP) is 2.64. The van der Waals surface area contributed by atoms with Gasteiger partial charge >= 0.3 is 5.97 Å². The van der Waals surface area contributed by atoms with Crippen molar-refractivity contribution in [2.75, 3.05) is 26.2 Å². The Kier molecular flexibility index (Phi) is 4.38. The summed E-state index contributed by atoms with van der Waals surface area (Å²) in [5, 5.41) is 3.54. The Labute approximate surface area is 164 Å². The summed E-state index contributed by atoms with van der Waals surface area (Å²) in [6.07, 6.45) is 0. The van der Waals surface area contributed by atoms with Crippen LogP contribution in [0.15, 0.2) is 48.5 Å². The minimum absolute atomic E-state index is 0.0551. The molecule has 0 radical (unpaired) electrons. The maximum atomic E-state index is 13.4. The molecule has 4 atom stereocenters. The number of fused-ring (bicyclic) bond motifs is 2. The molecule has 0 bridgehead atoms. The Morgan fingerprint density at radius 1 is 1.14 bits per heavy atom. The third-order valence-electron chi connectivity index (χ3n) is 6.22. The van der Waals surface area contributed by atoms with Crippen LogP contribution in [0.2, 0.25) is 0 Å². The van der Waals surface area contributed by atoms with Crippen LogP contribution >= 0.6 is 0 Å². The molecule has 2 aliphatic rings. The van der Waals surface area contributed by atoms with Crippen molar-refractivity contribution in [3.8, 4) is 5.75 Å². The summed E-state index contributed by atoms with van der Waals surface area (Å²) in [7, 11) is 4.77. The third-order valence-corrected chi connectivity index (χ3v) is 6.22. The lowest BCUT2D eigenvalue weighted by Gasteiger charge is -2.29. The number of ether oxygens (including phenoxy) is 2. The monoisotopic (exact) mass is 380 g/mol. The Morgan fingerprint density at radius 2 is 1.89 bits per heavy atom. The van der Waals surface area contributed by atoms with E-state index in [0.29, 0.717) is 5.75 Å². The quantitative estimate of drug-likeness (QED) is 0.829. The van der Waals surface area contributed by atoms with Crippen molar-refractivity contribution in [3.05, 3.63) is 59.7 Å². The zero-order valence-electron chi connectivity index (χ0n) is 16.4. The van der Waals surface area contributed by atoms with Gasteiger partial charge in [-0.1, -0.05) is 37.3 Å². The first kappa shape index (κ1) is 18.5. The van der Waals surface area contributed by atoms with E-state index < -0.39 is 11.5 Å². The minimum atomic E-state index is -0.974. The molecular formula is C22H24N2O4. The second-order valence-corrected chi connectivity index (χ2v) is 7.43. The fraction of sp³-hybridized carbons (Fsp3) is 0.364. The van der Waals surface area contributed by atoms with Crippen molar-refractivity contribution < 1.29 is 19.1 Å². The van der Waals surface area contributed by atoms with Gasteiger partial charge in [-0.05, 0) is 23.8 Å². The molecular weight excluding hydrogens is 356 g/mol. The lowest BCUT2D eigenvalue weighted by molar-refractivity contribution is -0.147. The number of nitrogens with one attached hydrogen (secondary N) is 1. The molecule has 6 heteroatoms. The number of para-hydroxylation sites is 1. The average Bonchev–Trinajstić information content (AvgIpc) is 3.16. The molecule has 6 nitrogen and oxygen atoms in total. The Hall–Kier alpha value is -2.86. The molecule has 2 heterocycles. The SMILES string of the molecule is COC(=O)[C@@H]1[C@H](c2cccc(OC)c2)N[C@@]2(C(=O)N(C)c3ccccc32)[C@H]1C. The predicted molar refractivity (Wildman–Crippen MR) is 105 cm³/mol. The van der Waals surface area contributed by atoms with E-state index in [1.54, 1.807) is 19.1 Å². The molecule has 1 spiro atoms. The van der Waals surface area contributed by atoms with E-state index in [1.165, 1.54) is 7.11 Å². The van der Waals surface area contributed by atoms with Crippen LogP contribution in [-0.4, -0.2) is 33.1 Å². The van der Waals surface area contributed by atoms with E-state index in [2.05, 4.69) is 5.32 Å². The van der Waals surface area contributed by atoms with Gasteiger partial charge in [-0.25, -0.2) is 0 Å². The zero-order chi connectivity index (χ0) is 20.1. The van der Waals surface area contributed by atoms with Crippen LogP contribution in [-0.2, 0) is 19.9 Å². The van der Waals surface area contributed by atoms with Gasteiger partial charge in [-0.3, -0.25) is 14.9 Å². The summed E-state index contributed by atoms with van der Waals surface area (Å²) in [6, 6.07) is 14.9. The van der Waals surface area contributed by atoms with E-state index in [1.807, 2.05) is 55.5 Å². The van der Waals surface area contributed by atoms with Crippen LogP contribution in [0, 0.1) is 11.8 Å². The number of likely N-dealkylation sites (N-methyl/N-ethyl adjacent to an activating group) is 1. The maximum Gasteiger partial charge on any atom is 0.310 e. The van der Waals surface area contributed by atoms with Crippen molar-refractivity contribution in [3.63, 3.8) is 0 Å². The fourth-order valence-corrected chi connectivity index (χ4v) is 4.79. The molecule has 2 aromatic rings. The second kappa shape index (κ2) is 6.63. The number of benzene rings is 2. The van der Waals surface area contributed by atoms with Gasteiger partial charge in [0.15, 0.2) is 0 Å².